The zero-order valence-electron chi connectivity index (χ0n) is 34.9. The molecule has 0 bridgehead atoms. The van der Waals surface area contributed by atoms with Crippen LogP contribution in [0.5, 0.6) is 11.5 Å². The van der Waals surface area contributed by atoms with E-state index in [9.17, 15) is 52.7 Å². The van der Waals surface area contributed by atoms with Crippen LogP contribution < -0.4 is 36.0 Å². The summed E-state index contributed by atoms with van der Waals surface area (Å²) < 4.78 is 182. The van der Waals surface area contributed by atoms with Gasteiger partial charge in [-0.1, -0.05) is 31.2 Å². The number of methoxy groups -OCH3 is 2. The van der Waals surface area contributed by atoms with Crippen molar-refractivity contribution in [3.63, 3.8) is 0 Å². The summed E-state index contributed by atoms with van der Waals surface area (Å²) in [6, 6.07) is 17.7. The Bertz CT molecular complexity index is 2300. The van der Waals surface area contributed by atoms with Crippen molar-refractivity contribution in [2.24, 2.45) is 17.8 Å². The number of alkyl halides is 12. The highest BCUT2D eigenvalue weighted by molar-refractivity contribution is 7.80. The molecule has 5 aromatic rings. The maximum Gasteiger partial charge on any atom is 0.416 e. The molecule has 7 rings (SSSR count). The van der Waals surface area contributed by atoms with Crippen LogP contribution in [0.15, 0.2) is 84.9 Å². The average Bonchev–Trinajstić information content (AvgIpc) is 3.75. The van der Waals surface area contributed by atoms with Crippen LogP contribution in [0.3, 0.4) is 0 Å². The summed E-state index contributed by atoms with van der Waals surface area (Å²) in [5, 5.41) is 1.82. The maximum atomic E-state index is 14.2. The van der Waals surface area contributed by atoms with Gasteiger partial charge in [-0.15, -0.1) is 0 Å². The van der Waals surface area contributed by atoms with Crippen molar-refractivity contribution in [1.29, 1.82) is 0 Å². The van der Waals surface area contributed by atoms with Gasteiger partial charge in [-0.2, -0.15) is 52.7 Å². The smallest absolute Gasteiger partial charge is 0.416 e. The summed E-state index contributed by atoms with van der Waals surface area (Å²) >= 11 is 0. The lowest BCUT2D eigenvalue weighted by molar-refractivity contribution is -0.144. The Labute approximate surface area is 359 Å². The molecule has 2 aliphatic carbocycles. The van der Waals surface area contributed by atoms with Gasteiger partial charge in [0.15, 0.2) is 0 Å². The van der Waals surface area contributed by atoms with Gasteiger partial charge in [0.25, 0.3) is 0 Å². The molecule has 336 valence electrons. The first-order valence-corrected chi connectivity index (χ1v) is 22.6. The molecular weight excluding hydrogens is 886 g/mol. The predicted octanol–water partition coefficient (Wildman–Crippen LogP) is 12.6. The molecule has 5 unspecified atom stereocenters. The molecule has 0 aromatic heterocycles. The molecule has 0 N–H and O–H groups in total. The second-order valence-electron chi connectivity index (χ2n) is 16.4. The first-order valence-electron chi connectivity index (χ1n) is 19.8. The number of ether oxygens (including phenoxy) is 2. The van der Waals surface area contributed by atoms with E-state index in [4.69, 9.17) is 9.47 Å². The van der Waals surface area contributed by atoms with E-state index < -0.39 is 85.0 Å². The van der Waals surface area contributed by atoms with Gasteiger partial charge in [-0.05, 0) is 194 Å². The highest BCUT2D eigenvalue weighted by atomic mass is 31.1. The van der Waals surface area contributed by atoms with Crippen LogP contribution in [-0.2, 0) is 24.7 Å². The van der Waals surface area contributed by atoms with Gasteiger partial charge >= 0.3 is 24.7 Å². The molecule has 0 amide bonds. The normalized spacial score (nSPS) is 19.5. The van der Waals surface area contributed by atoms with Crippen LogP contribution in [0.1, 0.15) is 69.3 Å². The highest BCUT2D eigenvalue weighted by Gasteiger charge is 2.65. The molecule has 2 saturated carbocycles. The van der Waals surface area contributed by atoms with Gasteiger partial charge in [0, 0.05) is 0 Å². The molecule has 2 fully saturated rings. The molecule has 0 heterocycles. The van der Waals surface area contributed by atoms with Crippen LogP contribution >= 0.6 is 15.8 Å². The molecular formula is C47H42F12O2P2. The standard InChI is InChI=1S/C47H42F12O2P2/c1-23-12-32(13-24(2)42(23)60-6)63(33-14-25(3)43(61-7)26(4)15-33)39-11-9-8-10-36(39)40-38-22-37(41(38)40)27(5)62(34-18-28(44(48,49)50)16-29(19-34)45(51,52)53)35-20-30(46(54,55)56)17-31(21-35)47(57,58)59/h8-21,27,37-38,40-41H,22H2,1-7H3. The summed E-state index contributed by atoms with van der Waals surface area (Å²) in [7, 11) is -0.766. The number of benzene rings is 5. The van der Waals surface area contributed by atoms with Crippen molar-refractivity contribution < 1.29 is 62.2 Å². The number of halogens is 12. The minimum absolute atomic E-state index is 0.0190. The van der Waals surface area contributed by atoms with E-state index >= 15 is 0 Å². The van der Waals surface area contributed by atoms with E-state index in [0.717, 1.165) is 55.2 Å². The molecule has 5 aromatic carbocycles. The van der Waals surface area contributed by atoms with E-state index in [0.29, 0.717) is 30.7 Å². The SMILES string of the molecule is COc1c(C)cc(P(c2cc(C)c(OC)c(C)c2)c2ccccc2C2C3CC(C(C)P(c4cc(C(F)(F)F)cc(C(F)(F)F)c4)c4cc(C(F)(F)F)cc(C(F)(F)F)c4)C32)cc1C. The fourth-order valence-corrected chi connectivity index (χ4v) is 15.6. The van der Waals surface area contributed by atoms with Crippen molar-refractivity contribution in [1.82, 2.24) is 0 Å². The van der Waals surface area contributed by atoms with Crippen molar-refractivity contribution in [2.75, 3.05) is 14.2 Å². The molecule has 2 nitrogen and oxygen atoms in total. The summed E-state index contributed by atoms with van der Waals surface area (Å²) in [6.45, 7) is 9.33. The van der Waals surface area contributed by atoms with Crippen LogP contribution in [0.2, 0.25) is 0 Å². The fourth-order valence-electron chi connectivity index (χ4n) is 9.64. The first-order chi connectivity index (χ1) is 29.2. The number of rotatable bonds is 10. The monoisotopic (exact) mass is 928 g/mol. The summed E-state index contributed by atoms with van der Waals surface area (Å²) in [4.78, 5) is 0. The Hall–Kier alpha value is -4.28. The Morgan fingerprint density at radius 1 is 0.524 bits per heavy atom. The minimum atomic E-state index is -5.31. The van der Waals surface area contributed by atoms with Crippen LogP contribution in [0.25, 0.3) is 0 Å². The van der Waals surface area contributed by atoms with E-state index in [1.54, 1.807) is 14.2 Å². The molecule has 2 aliphatic rings. The Kier molecular flexibility index (Phi) is 12.3. The largest absolute Gasteiger partial charge is 0.496 e. The van der Waals surface area contributed by atoms with Gasteiger partial charge in [-0.25, -0.2) is 0 Å². The van der Waals surface area contributed by atoms with Crippen LogP contribution in [0.4, 0.5) is 52.7 Å². The van der Waals surface area contributed by atoms with Crippen LogP contribution in [-0.4, -0.2) is 19.9 Å². The van der Waals surface area contributed by atoms with E-state index in [2.05, 4.69) is 24.3 Å². The number of aryl methyl sites for hydroxylation is 4. The highest BCUT2D eigenvalue weighted by Crippen LogP contribution is 2.73. The number of fused-ring (bicyclic) bond motifs is 1. The van der Waals surface area contributed by atoms with Crippen molar-refractivity contribution in [3.05, 3.63) is 135 Å². The Morgan fingerprint density at radius 2 is 0.889 bits per heavy atom. The third-order valence-electron chi connectivity index (χ3n) is 12.3. The third kappa shape index (κ3) is 9.05. The van der Waals surface area contributed by atoms with E-state index in [-0.39, 0.29) is 29.9 Å². The van der Waals surface area contributed by atoms with Crippen molar-refractivity contribution >= 4 is 42.4 Å². The third-order valence-corrected chi connectivity index (χ3v) is 17.6. The lowest BCUT2D eigenvalue weighted by atomic mass is 9.83. The quantitative estimate of drug-likeness (QED) is 0.103. The second kappa shape index (κ2) is 16.6. The van der Waals surface area contributed by atoms with Crippen LogP contribution in [0, 0.1) is 45.4 Å². The summed E-state index contributed by atoms with van der Waals surface area (Å²) in [6.07, 6.45) is -20.8. The molecule has 0 radical (unpaired) electrons. The van der Waals surface area contributed by atoms with Gasteiger partial charge in [0.05, 0.1) is 36.5 Å². The Balaban J connectivity index is 1.36. The lowest BCUT2D eigenvalue weighted by Gasteiger charge is -2.37. The minimum Gasteiger partial charge on any atom is -0.496 e. The zero-order valence-corrected chi connectivity index (χ0v) is 36.7. The zero-order chi connectivity index (χ0) is 46.3. The van der Waals surface area contributed by atoms with E-state index in [1.807, 2.05) is 52.0 Å². The number of hydrogen-bond donors (Lipinski definition) is 0. The molecule has 16 heteroatoms. The Morgan fingerprint density at radius 3 is 1.24 bits per heavy atom. The first kappa shape index (κ1) is 46.7. The average molecular weight is 929 g/mol. The molecule has 5 atom stereocenters. The second-order valence-corrected chi connectivity index (χ2v) is 21.2. The fraction of sp³-hybridized carbons (Fsp3) is 0.362. The molecule has 0 saturated heterocycles. The lowest BCUT2D eigenvalue weighted by Crippen LogP contribution is -2.33. The van der Waals surface area contributed by atoms with E-state index in [1.165, 1.54) is 6.92 Å². The molecule has 0 spiro atoms. The molecule has 0 aliphatic heterocycles. The van der Waals surface area contributed by atoms with Crippen molar-refractivity contribution in [2.45, 2.75) is 77.3 Å². The van der Waals surface area contributed by atoms with Gasteiger partial charge in [0.1, 0.15) is 11.5 Å². The van der Waals surface area contributed by atoms with Gasteiger partial charge in [0.2, 0.25) is 0 Å². The van der Waals surface area contributed by atoms with Gasteiger partial charge in [-0.3, -0.25) is 0 Å². The predicted molar refractivity (Wildman–Crippen MR) is 224 cm³/mol. The van der Waals surface area contributed by atoms with Gasteiger partial charge < -0.3 is 9.47 Å². The molecule has 63 heavy (non-hydrogen) atoms. The maximum absolute atomic E-state index is 14.2. The van der Waals surface area contributed by atoms with Crippen molar-refractivity contribution in [3.8, 4) is 11.5 Å². The topological polar surface area (TPSA) is 18.5 Å². The number of hydrogen-bond acceptors (Lipinski definition) is 2. The summed E-state index contributed by atoms with van der Waals surface area (Å²) in [5.74, 6) is 0.700. The summed E-state index contributed by atoms with van der Waals surface area (Å²) in [5.41, 5.74) is -3.12.